The van der Waals surface area contributed by atoms with Crippen LogP contribution in [0.25, 0.3) is 6.08 Å². The topological polar surface area (TPSA) is 59.3 Å². The molecule has 0 atom stereocenters. The van der Waals surface area contributed by atoms with Crippen molar-refractivity contribution in [3.63, 3.8) is 0 Å². The maximum absolute atomic E-state index is 11.1. The van der Waals surface area contributed by atoms with E-state index in [4.69, 9.17) is 14.7 Å². The van der Waals surface area contributed by atoms with Crippen molar-refractivity contribution < 1.29 is 14.3 Å². The van der Waals surface area contributed by atoms with Crippen molar-refractivity contribution >= 4 is 12.0 Å². The molecule has 0 spiro atoms. The van der Waals surface area contributed by atoms with Crippen LogP contribution in [-0.2, 0) is 9.53 Å². The second-order valence-electron chi connectivity index (χ2n) is 3.15. The Hall–Kier alpha value is -2.28. The van der Waals surface area contributed by atoms with Gasteiger partial charge in [0, 0.05) is 6.08 Å². The van der Waals surface area contributed by atoms with Gasteiger partial charge in [-0.05, 0) is 36.8 Å². The predicted octanol–water partition coefficient (Wildman–Crippen LogP) is 2.14. The number of hydrogen-bond acceptors (Lipinski definition) is 4. The van der Waals surface area contributed by atoms with E-state index in [2.05, 4.69) is 0 Å². The van der Waals surface area contributed by atoms with Gasteiger partial charge in [-0.25, -0.2) is 4.79 Å². The molecule has 0 radical (unpaired) electrons. The molecule has 0 aromatic heterocycles. The molecular formula is C13H13NO3. The van der Waals surface area contributed by atoms with Crippen LogP contribution in [0.5, 0.6) is 5.75 Å². The summed E-state index contributed by atoms with van der Waals surface area (Å²) in [7, 11) is 1.54. The minimum absolute atomic E-state index is 0.326. The Labute approximate surface area is 100 Å². The van der Waals surface area contributed by atoms with Crippen LogP contribution in [0.15, 0.2) is 24.3 Å². The van der Waals surface area contributed by atoms with Crippen LogP contribution in [0.2, 0.25) is 0 Å². The number of rotatable bonds is 4. The highest BCUT2D eigenvalue weighted by Gasteiger charge is 2.02. The van der Waals surface area contributed by atoms with Gasteiger partial charge in [0.25, 0.3) is 0 Å². The Kier molecular flexibility index (Phi) is 4.77. The van der Waals surface area contributed by atoms with Crippen LogP contribution in [0.4, 0.5) is 0 Å². The van der Waals surface area contributed by atoms with Crippen LogP contribution in [-0.4, -0.2) is 19.7 Å². The number of carbonyl (C=O) groups excluding carboxylic acids is 1. The fraction of sp³-hybridized carbons (Fsp3) is 0.231. The summed E-state index contributed by atoms with van der Waals surface area (Å²) in [5, 5.41) is 8.91. The molecular weight excluding hydrogens is 218 g/mol. The van der Waals surface area contributed by atoms with E-state index in [0.717, 1.165) is 0 Å². The Morgan fingerprint density at radius 3 is 2.88 bits per heavy atom. The minimum Gasteiger partial charge on any atom is -0.497 e. The largest absolute Gasteiger partial charge is 0.497 e. The van der Waals surface area contributed by atoms with Crippen molar-refractivity contribution in [3.05, 3.63) is 35.4 Å². The quantitative estimate of drug-likeness (QED) is 0.588. The van der Waals surface area contributed by atoms with Crippen LogP contribution >= 0.6 is 0 Å². The second-order valence-corrected chi connectivity index (χ2v) is 3.15. The van der Waals surface area contributed by atoms with E-state index in [1.165, 1.54) is 6.08 Å². The number of benzene rings is 1. The molecule has 1 aromatic carbocycles. The van der Waals surface area contributed by atoms with Crippen molar-refractivity contribution in [1.82, 2.24) is 0 Å². The molecule has 4 nitrogen and oxygen atoms in total. The lowest BCUT2D eigenvalue weighted by Gasteiger charge is -2.02. The van der Waals surface area contributed by atoms with Crippen molar-refractivity contribution in [2.24, 2.45) is 0 Å². The second kappa shape index (κ2) is 6.33. The molecule has 1 rings (SSSR count). The minimum atomic E-state index is -0.431. The molecule has 1 aromatic rings. The Morgan fingerprint density at radius 2 is 2.29 bits per heavy atom. The number of hydrogen-bond donors (Lipinski definition) is 0. The first-order valence-electron chi connectivity index (χ1n) is 5.14. The first-order valence-corrected chi connectivity index (χ1v) is 5.14. The summed E-state index contributed by atoms with van der Waals surface area (Å²) in [5.41, 5.74) is 1.10. The van der Waals surface area contributed by atoms with Gasteiger partial charge in [0.1, 0.15) is 5.75 Å². The van der Waals surface area contributed by atoms with E-state index in [1.54, 1.807) is 38.3 Å². The first kappa shape index (κ1) is 12.8. The maximum atomic E-state index is 11.1. The fourth-order valence-corrected chi connectivity index (χ4v) is 1.26. The number of nitriles is 1. The molecule has 0 saturated heterocycles. The third-order valence-corrected chi connectivity index (χ3v) is 2.06. The number of methoxy groups -OCH3 is 1. The van der Waals surface area contributed by atoms with Crippen LogP contribution in [0.3, 0.4) is 0 Å². The molecule has 0 aliphatic rings. The highest BCUT2D eigenvalue weighted by Crippen LogP contribution is 2.18. The van der Waals surface area contributed by atoms with Crippen LogP contribution in [0.1, 0.15) is 18.1 Å². The lowest BCUT2D eigenvalue weighted by molar-refractivity contribution is -0.137. The average molecular weight is 231 g/mol. The highest BCUT2D eigenvalue weighted by atomic mass is 16.5. The number of carbonyl (C=O) groups is 1. The SMILES string of the molecule is CCOC(=O)/C=C/c1cc(OC)ccc1C#N. The highest BCUT2D eigenvalue weighted by molar-refractivity contribution is 5.87. The van der Waals surface area contributed by atoms with E-state index >= 15 is 0 Å². The normalized spacial score (nSPS) is 9.94. The summed E-state index contributed by atoms with van der Waals surface area (Å²) < 4.78 is 9.80. The molecule has 4 heteroatoms. The average Bonchev–Trinajstić information content (AvgIpc) is 2.36. The van der Waals surface area contributed by atoms with Gasteiger partial charge in [-0.15, -0.1) is 0 Å². The number of ether oxygens (including phenoxy) is 2. The zero-order valence-corrected chi connectivity index (χ0v) is 9.77. The third-order valence-electron chi connectivity index (χ3n) is 2.06. The smallest absolute Gasteiger partial charge is 0.330 e. The van der Waals surface area contributed by atoms with E-state index < -0.39 is 5.97 Å². The Morgan fingerprint density at radius 1 is 1.53 bits per heavy atom. The van der Waals surface area contributed by atoms with Crippen LogP contribution in [0, 0.1) is 11.3 Å². The van der Waals surface area contributed by atoms with Crippen LogP contribution < -0.4 is 4.74 Å². The van der Waals surface area contributed by atoms with Crippen molar-refractivity contribution in [1.29, 1.82) is 5.26 Å². The Bertz CT molecular complexity index is 472. The van der Waals surface area contributed by atoms with Gasteiger partial charge in [0.15, 0.2) is 0 Å². The molecule has 88 valence electrons. The zero-order valence-electron chi connectivity index (χ0n) is 9.77. The summed E-state index contributed by atoms with van der Waals surface area (Å²) in [6, 6.07) is 7.07. The summed E-state index contributed by atoms with van der Waals surface area (Å²) >= 11 is 0. The van der Waals surface area contributed by atoms with E-state index in [1.807, 2.05) is 6.07 Å². The molecule has 0 heterocycles. The molecule has 0 unspecified atom stereocenters. The van der Waals surface area contributed by atoms with Crippen molar-refractivity contribution in [2.45, 2.75) is 6.92 Å². The molecule has 0 bridgehead atoms. The van der Waals surface area contributed by atoms with Gasteiger partial charge in [-0.2, -0.15) is 5.26 Å². The molecule has 0 N–H and O–H groups in total. The number of esters is 1. The van der Waals surface area contributed by atoms with Gasteiger partial charge in [0.2, 0.25) is 0 Å². The lowest BCUT2D eigenvalue weighted by Crippen LogP contribution is -1.98. The van der Waals surface area contributed by atoms with E-state index in [-0.39, 0.29) is 0 Å². The van der Waals surface area contributed by atoms with Crippen molar-refractivity contribution in [3.8, 4) is 11.8 Å². The molecule has 0 saturated carbocycles. The predicted molar refractivity (Wildman–Crippen MR) is 63.4 cm³/mol. The molecule has 17 heavy (non-hydrogen) atoms. The number of nitrogens with zero attached hydrogens (tertiary/aromatic N) is 1. The van der Waals surface area contributed by atoms with Gasteiger partial charge < -0.3 is 9.47 Å². The lowest BCUT2D eigenvalue weighted by atomic mass is 10.1. The van der Waals surface area contributed by atoms with Gasteiger partial charge in [-0.3, -0.25) is 0 Å². The standard InChI is InChI=1S/C13H13NO3/c1-3-17-13(15)7-5-10-8-12(16-2)6-4-11(10)9-14/h4-8H,3H2,1-2H3/b7-5+. The van der Waals surface area contributed by atoms with E-state index in [9.17, 15) is 4.79 Å². The summed E-state index contributed by atoms with van der Waals surface area (Å²) in [6.45, 7) is 2.06. The zero-order chi connectivity index (χ0) is 12.7. The summed E-state index contributed by atoms with van der Waals surface area (Å²) in [6.07, 6.45) is 2.83. The summed E-state index contributed by atoms with van der Waals surface area (Å²) in [5.74, 6) is 0.201. The first-order chi connectivity index (χ1) is 8.21. The van der Waals surface area contributed by atoms with Crippen molar-refractivity contribution in [2.75, 3.05) is 13.7 Å². The molecule has 0 aliphatic heterocycles. The Balaban J connectivity index is 2.96. The summed E-state index contributed by atoms with van der Waals surface area (Å²) in [4.78, 5) is 11.1. The fourth-order valence-electron chi connectivity index (χ4n) is 1.26. The maximum Gasteiger partial charge on any atom is 0.330 e. The van der Waals surface area contributed by atoms with Gasteiger partial charge in [-0.1, -0.05) is 0 Å². The monoisotopic (exact) mass is 231 g/mol. The third kappa shape index (κ3) is 3.65. The molecule has 0 fully saturated rings. The van der Waals surface area contributed by atoms with Gasteiger partial charge >= 0.3 is 5.97 Å². The molecule has 0 aliphatic carbocycles. The van der Waals surface area contributed by atoms with E-state index in [0.29, 0.717) is 23.5 Å². The van der Waals surface area contributed by atoms with Gasteiger partial charge in [0.05, 0.1) is 25.3 Å². The molecule has 0 amide bonds.